The van der Waals surface area contributed by atoms with Gasteiger partial charge in [-0.1, -0.05) is 18.2 Å². The monoisotopic (exact) mass is 245 g/mol. The van der Waals surface area contributed by atoms with Crippen LogP contribution in [-0.4, -0.2) is 19.2 Å². The van der Waals surface area contributed by atoms with Gasteiger partial charge in [-0.05, 0) is 38.1 Å². The fourth-order valence-electron chi connectivity index (χ4n) is 2.22. The molecule has 0 amide bonds. The molecule has 1 saturated heterocycles. The van der Waals surface area contributed by atoms with Crippen molar-refractivity contribution in [2.75, 3.05) is 13.1 Å². The first kappa shape index (κ1) is 11.3. The lowest BCUT2D eigenvalue weighted by atomic mass is 10.1. The van der Waals surface area contributed by atoms with Crippen molar-refractivity contribution in [2.45, 2.75) is 18.9 Å². The summed E-state index contributed by atoms with van der Waals surface area (Å²) >= 11 is 0. The number of para-hydroxylation sites is 1. The molecule has 1 aromatic heterocycles. The molecule has 1 N–H and O–H groups in total. The second-order valence-electron chi connectivity index (χ2n) is 4.50. The van der Waals surface area contributed by atoms with Crippen LogP contribution in [0.15, 0.2) is 39.5 Å². The number of rotatable bonds is 2. The molecule has 3 rings (SSSR count). The Bertz CT molecular complexity index is 599. The largest absolute Gasteiger partial charge is 0.483 e. The summed E-state index contributed by atoms with van der Waals surface area (Å²) in [5.41, 5.74) is 0.201. The molecule has 4 nitrogen and oxygen atoms in total. The number of benzene rings is 1. The van der Waals surface area contributed by atoms with E-state index >= 15 is 0 Å². The minimum atomic E-state index is -0.396. The van der Waals surface area contributed by atoms with Crippen molar-refractivity contribution in [3.63, 3.8) is 0 Å². The van der Waals surface area contributed by atoms with Gasteiger partial charge in [-0.25, -0.2) is 4.79 Å². The lowest BCUT2D eigenvalue weighted by Gasteiger charge is -2.23. The SMILES string of the molecule is O=c1oc2ccccc2cc1OC1CCNCC1. The van der Waals surface area contributed by atoms with Gasteiger partial charge in [0, 0.05) is 5.39 Å². The van der Waals surface area contributed by atoms with Gasteiger partial charge >= 0.3 is 5.63 Å². The van der Waals surface area contributed by atoms with E-state index in [4.69, 9.17) is 9.15 Å². The van der Waals surface area contributed by atoms with Gasteiger partial charge in [0.15, 0.2) is 0 Å². The molecule has 0 spiro atoms. The van der Waals surface area contributed by atoms with E-state index in [2.05, 4.69) is 5.32 Å². The third kappa shape index (κ3) is 2.24. The molecule has 0 bridgehead atoms. The number of hydrogen-bond acceptors (Lipinski definition) is 4. The standard InChI is InChI=1S/C14H15NO3/c16-14-13(17-11-5-7-15-8-6-11)9-10-3-1-2-4-12(10)18-14/h1-4,9,11,15H,5-8H2. The zero-order chi connectivity index (χ0) is 12.4. The van der Waals surface area contributed by atoms with Crippen LogP contribution in [0.3, 0.4) is 0 Å². The molecule has 1 fully saturated rings. The molecule has 4 heteroatoms. The topological polar surface area (TPSA) is 51.5 Å². The van der Waals surface area contributed by atoms with Gasteiger partial charge in [0.25, 0.3) is 0 Å². The molecule has 0 saturated carbocycles. The molecule has 0 aliphatic carbocycles. The number of hydrogen-bond donors (Lipinski definition) is 1. The third-order valence-corrected chi connectivity index (χ3v) is 3.19. The zero-order valence-corrected chi connectivity index (χ0v) is 10.0. The maximum Gasteiger partial charge on any atom is 0.379 e. The Morgan fingerprint density at radius 2 is 2.00 bits per heavy atom. The summed E-state index contributed by atoms with van der Waals surface area (Å²) in [5, 5.41) is 4.15. The summed E-state index contributed by atoms with van der Waals surface area (Å²) in [7, 11) is 0. The summed E-state index contributed by atoms with van der Waals surface area (Å²) in [5.74, 6) is 0.320. The van der Waals surface area contributed by atoms with E-state index in [9.17, 15) is 4.79 Å². The van der Waals surface area contributed by atoms with Crippen LogP contribution in [0, 0.1) is 0 Å². The van der Waals surface area contributed by atoms with Gasteiger partial charge in [-0.3, -0.25) is 0 Å². The molecular formula is C14H15NO3. The van der Waals surface area contributed by atoms with E-state index in [1.54, 1.807) is 12.1 Å². The molecule has 0 atom stereocenters. The van der Waals surface area contributed by atoms with Crippen molar-refractivity contribution >= 4 is 11.0 Å². The molecule has 18 heavy (non-hydrogen) atoms. The second kappa shape index (κ2) is 4.82. The second-order valence-corrected chi connectivity index (χ2v) is 4.50. The van der Waals surface area contributed by atoms with Crippen LogP contribution >= 0.6 is 0 Å². The maximum atomic E-state index is 11.8. The van der Waals surface area contributed by atoms with E-state index in [1.807, 2.05) is 18.2 Å². The molecule has 2 heterocycles. The van der Waals surface area contributed by atoms with Crippen LogP contribution in [0.25, 0.3) is 11.0 Å². The van der Waals surface area contributed by atoms with E-state index in [-0.39, 0.29) is 6.10 Å². The van der Waals surface area contributed by atoms with Crippen LogP contribution in [-0.2, 0) is 0 Å². The van der Waals surface area contributed by atoms with Crippen molar-refractivity contribution in [3.8, 4) is 5.75 Å². The van der Waals surface area contributed by atoms with Gasteiger partial charge in [0.2, 0.25) is 5.75 Å². The first-order valence-corrected chi connectivity index (χ1v) is 6.23. The van der Waals surface area contributed by atoms with Crippen LogP contribution in [0.4, 0.5) is 0 Å². The van der Waals surface area contributed by atoms with Crippen LogP contribution in [0.5, 0.6) is 5.75 Å². The van der Waals surface area contributed by atoms with Crippen LogP contribution < -0.4 is 15.7 Å². The van der Waals surface area contributed by atoms with Gasteiger partial charge in [0.1, 0.15) is 11.7 Å². The predicted molar refractivity (Wildman–Crippen MR) is 69.0 cm³/mol. The number of piperidine rings is 1. The molecule has 1 aliphatic rings. The normalized spacial score (nSPS) is 16.9. The molecule has 1 aromatic carbocycles. The molecule has 94 valence electrons. The Hall–Kier alpha value is -1.81. The van der Waals surface area contributed by atoms with Gasteiger partial charge in [-0.2, -0.15) is 0 Å². The van der Waals surface area contributed by atoms with Crippen molar-refractivity contribution in [1.29, 1.82) is 0 Å². The molecule has 2 aromatic rings. The van der Waals surface area contributed by atoms with Crippen molar-refractivity contribution < 1.29 is 9.15 Å². The molecule has 0 unspecified atom stereocenters. The summed E-state index contributed by atoms with van der Waals surface area (Å²) in [6.45, 7) is 1.87. The quantitative estimate of drug-likeness (QED) is 0.821. The lowest BCUT2D eigenvalue weighted by Crippen LogP contribution is -2.34. The fraction of sp³-hybridized carbons (Fsp3) is 0.357. The summed E-state index contributed by atoms with van der Waals surface area (Å²) in [4.78, 5) is 11.8. The highest BCUT2D eigenvalue weighted by Crippen LogP contribution is 2.19. The van der Waals surface area contributed by atoms with Crippen LogP contribution in [0.2, 0.25) is 0 Å². The third-order valence-electron chi connectivity index (χ3n) is 3.19. The van der Waals surface area contributed by atoms with E-state index in [1.165, 1.54) is 0 Å². The Morgan fingerprint density at radius 1 is 1.22 bits per heavy atom. The molecule has 0 radical (unpaired) electrons. The van der Waals surface area contributed by atoms with E-state index < -0.39 is 5.63 Å². The van der Waals surface area contributed by atoms with Crippen molar-refractivity contribution in [3.05, 3.63) is 40.8 Å². The Labute approximate surface area is 105 Å². The summed E-state index contributed by atoms with van der Waals surface area (Å²) in [6.07, 6.45) is 1.95. The van der Waals surface area contributed by atoms with Crippen molar-refractivity contribution in [2.24, 2.45) is 0 Å². The zero-order valence-electron chi connectivity index (χ0n) is 10.0. The first-order valence-electron chi connectivity index (χ1n) is 6.23. The predicted octanol–water partition coefficient (Wildman–Crippen LogP) is 1.92. The van der Waals surface area contributed by atoms with Gasteiger partial charge in [-0.15, -0.1) is 0 Å². The Morgan fingerprint density at radius 3 is 2.83 bits per heavy atom. The Kier molecular flexibility index (Phi) is 3.02. The maximum absolute atomic E-state index is 11.8. The summed E-state index contributed by atoms with van der Waals surface area (Å²) < 4.78 is 11.0. The average molecular weight is 245 g/mol. The van der Waals surface area contributed by atoms with E-state index in [0.717, 1.165) is 31.3 Å². The van der Waals surface area contributed by atoms with Gasteiger partial charge in [0.05, 0.1) is 0 Å². The van der Waals surface area contributed by atoms with E-state index in [0.29, 0.717) is 11.3 Å². The highest BCUT2D eigenvalue weighted by atomic mass is 16.5. The fourth-order valence-corrected chi connectivity index (χ4v) is 2.22. The highest BCUT2D eigenvalue weighted by Gasteiger charge is 2.16. The minimum absolute atomic E-state index is 0.107. The first-order chi connectivity index (χ1) is 8.83. The van der Waals surface area contributed by atoms with Gasteiger partial charge < -0.3 is 14.5 Å². The smallest absolute Gasteiger partial charge is 0.379 e. The molecule has 1 aliphatic heterocycles. The summed E-state index contributed by atoms with van der Waals surface area (Å²) in [6, 6.07) is 9.22. The van der Waals surface area contributed by atoms with Crippen LogP contribution in [0.1, 0.15) is 12.8 Å². The highest BCUT2D eigenvalue weighted by molar-refractivity contribution is 5.77. The lowest BCUT2D eigenvalue weighted by molar-refractivity contribution is 0.156. The van der Waals surface area contributed by atoms with Crippen molar-refractivity contribution in [1.82, 2.24) is 5.32 Å². The number of fused-ring (bicyclic) bond motifs is 1. The number of nitrogens with one attached hydrogen (secondary N) is 1. The number of ether oxygens (including phenoxy) is 1. The average Bonchev–Trinajstić information content (AvgIpc) is 2.41. The Balaban J connectivity index is 1.91. The minimum Gasteiger partial charge on any atom is -0.483 e. The molecular weight excluding hydrogens is 230 g/mol.